The van der Waals surface area contributed by atoms with E-state index in [1.807, 2.05) is 0 Å². The molecule has 4 heteroatoms. The van der Waals surface area contributed by atoms with E-state index in [9.17, 15) is 0 Å². The zero-order chi connectivity index (χ0) is 15.3. The molecule has 1 nitrogen and oxygen atoms in total. The van der Waals surface area contributed by atoms with Crippen LogP contribution in [0.2, 0.25) is 13.1 Å². The Bertz CT molecular complexity index is 324. The first-order valence-electron chi connectivity index (χ1n) is 6.67. The maximum Gasteiger partial charge on any atom is 3.00 e. The van der Waals surface area contributed by atoms with Crippen molar-refractivity contribution < 1.29 is 43.7 Å². The standard InChI is InChI=1S/2C7H9.C2H7Si.CH4O.ClH.Zr/c2*1-6-3-4-7(2)5-6;1-3-2;1-2;;/h2*5H,3H2,1-2H3;3H,1-2H3;2H,1H3;1H;/q2*-1;;;;+3/p-1. The molecule has 2 rings (SSSR count). The van der Waals surface area contributed by atoms with Crippen LogP contribution in [0.5, 0.6) is 0 Å². The molecule has 0 amide bonds. The Kier molecular flexibility index (Phi) is 28.4. The second-order valence-electron chi connectivity index (χ2n) is 4.63. The van der Waals surface area contributed by atoms with Crippen LogP contribution in [0, 0.1) is 12.2 Å². The molecule has 0 heterocycles. The predicted molar refractivity (Wildman–Crippen MR) is 88.6 cm³/mol. The van der Waals surface area contributed by atoms with E-state index in [1.165, 1.54) is 22.3 Å². The van der Waals surface area contributed by atoms with E-state index in [0.29, 0.717) is 0 Å². The van der Waals surface area contributed by atoms with E-state index in [0.717, 1.165) is 29.5 Å². The number of halogens is 1. The summed E-state index contributed by atoms with van der Waals surface area (Å²) in [7, 11) is 1.75. The van der Waals surface area contributed by atoms with Crippen molar-refractivity contribution in [1.29, 1.82) is 0 Å². The van der Waals surface area contributed by atoms with Crippen LogP contribution in [-0.2, 0) is 26.2 Å². The van der Waals surface area contributed by atoms with Crippen molar-refractivity contribution in [3.63, 3.8) is 0 Å². The van der Waals surface area contributed by atoms with Crippen LogP contribution >= 0.6 is 0 Å². The second kappa shape index (κ2) is 20.3. The van der Waals surface area contributed by atoms with Gasteiger partial charge >= 0.3 is 26.2 Å². The van der Waals surface area contributed by atoms with Gasteiger partial charge in [-0.1, -0.05) is 40.8 Å². The van der Waals surface area contributed by atoms with Gasteiger partial charge in [-0.3, -0.25) is 12.2 Å². The van der Waals surface area contributed by atoms with E-state index in [-0.39, 0.29) is 38.6 Å². The first kappa shape index (κ1) is 29.3. The van der Waals surface area contributed by atoms with Crippen LogP contribution in [0.15, 0.2) is 34.4 Å². The predicted octanol–water partition coefficient (Wildman–Crippen LogP) is 1.30. The first-order valence-corrected chi connectivity index (χ1v) is 8.98. The van der Waals surface area contributed by atoms with E-state index in [1.54, 1.807) is 0 Å². The number of rotatable bonds is 0. The molecular weight excluding hydrogens is 375 g/mol. The molecule has 2 aliphatic carbocycles. The third-order valence-electron chi connectivity index (χ3n) is 2.22. The molecule has 0 fully saturated rings. The number of allylic oxidation sites excluding steroid dienone is 8. The van der Waals surface area contributed by atoms with Crippen LogP contribution in [0.3, 0.4) is 0 Å². The summed E-state index contributed by atoms with van der Waals surface area (Å²) in [5.74, 6) is 0. The van der Waals surface area contributed by atoms with Crippen molar-refractivity contribution in [2.75, 3.05) is 7.11 Å². The maximum atomic E-state index is 7.00. The van der Waals surface area contributed by atoms with Gasteiger partial charge < -0.3 is 17.5 Å². The Balaban J connectivity index is -0.0000000989. The fourth-order valence-electron chi connectivity index (χ4n) is 1.50. The van der Waals surface area contributed by atoms with Crippen molar-refractivity contribution in [3.05, 3.63) is 46.6 Å². The second-order valence-corrected chi connectivity index (χ2v) is 5.79. The van der Waals surface area contributed by atoms with Crippen LogP contribution in [0.4, 0.5) is 0 Å². The summed E-state index contributed by atoms with van der Waals surface area (Å²) in [6.07, 6.45) is 12.8. The smallest absolute Gasteiger partial charge is 1.00 e. The summed E-state index contributed by atoms with van der Waals surface area (Å²) < 4.78 is 0. The molecule has 118 valence electrons. The topological polar surface area (TPSA) is 20.2 Å². The third kappa shape index (κ3) is 20.3. The van der Waals surface area contributed by atoms with Crippen molar-refractivity contribution in [2.24, 2.45) is 0 Å². The zero-order valence-electron chi connectivity index (χ0n) is 14.5. The van der Waals surface area contributed by atoms with Crippen LogP contribution in [0.1, 0.15) is 40.5 Å². The van der Waals surface area contributed by atoms with Gasteiger partial charge in [0.05, 0.1) is 0 Å². The number of aliphatic hydroxyl groups is 1. The van der Waals surface area contributed by atoms with Gasteiger partial charge in [0.15, 0.2) is 0 Å². The van der Waals surface area contributed by atoms with E-state index in [4.69, 9.17) is 5.11 Å². The molecule has 0 saturated carbocycles. The molecule has 0 aromatic rings. The normalized spacial score (nSPS) is 13.9. The van der Waals surface area contributed by atoms with Crippen LogP contribution in [0.25, 0.3) is 0 Å². The average molecular weight is 404 g/mol. The number of hydrogen-bond acceptors (Lipinski definition) is 1. The van der Waals surface area contributed by atoms with Crippen LogP contribution in [-0.4, -0.2) is 21.7 Å². The Labute approximate surface area is 160 Å². The van der Waals surface area contributed by atoms with Gasteiger partial charge in [-0.2, -0.15) is 11.1 Å². The Hall–Kier alpha value is 0.310. The fraction of sp³-hybridized carbons (Fsp3) is 0.529. The Morgan fingerprint density at radius 1 is 0.857 bits per heavy atom. The Morgan fingerprint density at radius 3 is 1.14 bits per heavy atom. The van der Waals surface area contributed by atoms with E-state index >= 15 is 0 Å². The van der Waals surface area contributed by atoms with Gasteiger partial charge in [0.2, 0.25) is 0 Å². The van der Waals surface area contributed by atoms with Crippen LogP contribution < -0.4 is 12.4 Å². The molecular formula is C17H29ClOSiZr. The minimum absolute atomic E-state index is 0. The SMILES string of the molecule is CC1=[C-]CC(C)=C1.CC1=[C-]CC(C)=C1.CO.C[SiH]C.[Cl-].[Zr+3]. The van der Waals surface area contributed by atoms with E-state index in [2.05, 4.69) is 65.1 Å². The molecule has 0 atom stereocenters. The molecule has 21 heavy (non-hydrogen) atoms. The molecule has 0 saturated heterocycles. The number of aliphatic hydroxyl groups excluding tert-OH is 1. The van der Waals surface area contributed by atoms with Gasteiger partial charge in [0, 0.05) is 16.6 Å². The molecule has 2 aliphatic rings. The third-order valence-corrected chi connectivity index (χ3v) is 2.22. The summed E-state index contributed by atoms with van der Waals surface area (Å²) in [6.45, 7) is 12.8. The summed E-state index contributed by atoms with van der Waals surface area (Å²) >= 11 is 0. The molecule has 0 aliphatic heterocycles. The van der Waals surface area contributed by atoms with E-state index < -0.39 is 0 Å². The van der Waals surface area contributed by atoms with Gasteiger partial charge in [0.1, 0.15) is 0 Å². The summed E-state index contributed by atoms with van der Waals surface area (Å²) in [5.41, 5.74) is 5.44. The Morgan fingerprint density at radius 2 is 1.10 bits per heavy atom. The maximum absolute atomic E-state index is 7.00. The van der Waals surface area contributed by atoms with Gasteiger partial charge in [-0.05, 0) is 0 Å². The molecule has 1 N–H and O–H groups in total. The van der Waals surface area contributed by atoms with Crippen molar-refractivity contribution in [1.82, 2.24) is 0 Å². The van der Waals surface area contributed by atoms with Crippen molar-refractivity contribution >= 4 is 9.52 Å². The molecule has 0 aromatic heterocycles. The summed E-state index contributed by atoms with van der Waals surface area (Å²) in [5, 5.41) is 7.00. The van der Waals surface area contributed by atoms with Gasteiger partial charge in [-0.15, -0.1) is 12.8 Å². The monoisotopic (exact) mass is 402 g/mol. The number of hydrogen-bond donors (Lipinski definition) is 1. The summed E-state index contributed by atoms with van der Waals surface area (Å²) in [6, 6.07) is 0. The minimum atomic E-state index is 0. The van der Waals surface area contributed by atoms with Crippen molar-refractivity contribution in [2.45, 2.75) is 53.6 Å². The first-order chi connectivity index (χ1) is 8.99. The largest absolute Gasteiger partial charge is 3.00 e. The minimum Gasteiger partial charge on any atom is -1.00 e. The fourth-order valence-corrected chi connectivity index (χ4v) is 1.50. The zero-order valence-corrected chi connectivity index (χ0v) is 18.8. The average Bonchev–Trinajstić information content (AvgIpc) is 2.92. The quantitative estimate of drug-likeness (QED) is 0.477. The molecule has 0 bridgehead atoms. The summed E-state index contributed by atoms with van der Waals surface area (Å²) in [4.78, 5) is 0. The van der Waals surface area contributed by atoms with Gasteiger partial charge in [-0.25, -0.2) is 23.3 Å². The molecule has 2 radical (unpaired) electrons. The molecule has 0 aromatic carbocycles. The molecule has 0 spiro atoms. The molecule has 0 unspecified atom stereocenters. The van der Waals surface area contributed by atoms with Gasteiger partial charge in [0.25, 0.3) is 0 Å². The van der Waals surface area contributed by atoms with Crippen molar-refractivity contribution in [3.8, 4) is 0 Å².